The Bertz CT molecular complexity index is 916. The predicted octanol–water partition coefficient (Wildman–Crippen LogP) is 4.27. The number of carbonyl (C=O) groups excluding carboxylic acids is 2. The van der Waals surface area contributed by atoms with E-state index in [1.54, 1.807) is 17.0 Å². The number of urea groups is 1. The second-order valence-corrected chi connectivity index (χ2v) is 7.77. The molecule has 2 atom stereocenters. The molecule has 0 aromatic heterocycles. The maximum Gasteiger partial charge on any atom is 0.321 e. The highest BCUT2D eigenvalue weighted by Gasteiger charge is 2.61. The smallest absolute Gasteiger partial charge is 0.321 e. The number of halogens is 1. The quantitative estimate of drug-likeness (QED) is 0.831. The van der Waals surface area contributed by atoms with E-state index in [4.69, 9.17) is 0 Å². The summed E-state index contributed by atoms with van der Waals surface area (Å²) in [4.78, 5) is 26.9. The van der Waals surface area contributed by atoms with Gasteiger partial charge in [0, 0.05) is 35.8 Å². The Balaban J connectivity index is 1.34. The van der Waals surface area contributed by atoms with Gasteiger partial charge >= 0.3 is 6.03 Å². The van der Waals surface area contributed by atoms with Crippen molar-refractivity contribution in [1.29, 1.82) is 0 Å². The summed E-state index contributed by atoms with van der Waals surface area (Å²) in [5, 5.41) is 5.75. The van der Waals surface area contributed by atoms with Gasteiger partial charge in [0.25, 0.3) is 0 Å². The lowest BCUT2D eigenvalue weighted by Crippen LogP contribution is -2.33. The highest BCUT2D eigenvalue weighted by atomic mass is 19.1. The summed E-state index contributed by atoms with van der Waals surface area (Å²) in [5.41, 5.74) is 2.30. The topological polar surface area (TPSA) is 61.4 Å². The number of benzene rings is 2. The third kappa shape index (κ3) is 3.72. The van der Waals surface area contributed by atoms with Gasteiger partial charge in [-0.15, -0.1) is 0 Å². The second-order valence-electron chi connectivity index (χ2n) is 7.77. The summed E-state index contributed by atoms with van der Waals surface area (Å²) in [6.07, 6.45) is 2.50. The summed E-state index contributed by atoms with van der Waals surface area (Å²) in [5.74, 6) is -0.598. The molecule has 0 radical (unpaired) electrons. The molecule has 146 valence electrons. The molecule has 2 aromatic rings. The van der Waals surface area contributed by atoms with Crippen molar-refractivity contribution in [3.05, 3.63) is 59.9 Å². The number of rotatable bonds is 4. The molecule has 2 aromatic carbocycles. The zero-order chi connectivity index (χ0) is 19.7. The molecular weight excluding hydrogens is 357 g/mol. The van der Waals surface area contributed by atoms with E-state index in [-0.39, 0.29) is 29.1 Å². The van der Waals surface area contributed by atoms with E-state index in [1.807, 2.05) is 24.3 Å². The number of carbonyl (C=O) groups is 2. The number of aryl methyl sites for hydroxylation is 1. The van der Waals surface area contributed by atoms with Crippen LogP contribution in [0.15, 0.2) is 48.5 Å². The number of nitrogens with zero attached hydrogens (tertiary/aromatic N) is 1. The molecule has 1 aliphatic carbocycles. The first-order valence-corrected chi connectivity index (χ1v) is 9.70. The van der Waals surface area contributed by atoms with E-state index < -0.39 is 0 Å². The summed E-state index contributed by atoms with van der Waals surface area (Å²) >= 11 is 0. The molecular formula is C22H24FN3O2. The summed E-state index contributed by atoms with van der Waals surface area (Å²) in [6, 6.07) is 13.6. The Labute approximate surface area is 163 Å². The molecule has 2 fully saturated rings. The number of amides is 3. The molecule has 1 spiro atoms. The van der Waals surface area contributed by atoms with Gasteiger partial charge in [-0.3, -0.25) is 4.79 Å². The van der Waals surface area contributed by atoms with Crippen molar-refractivity contribution in [2.75, 3.05) is 23.7 Å². The van der Waals surface area contributed by atoms with Gasteiger partial charge in [0.1, 0.15) is 5.82 Å². The van der Waals surface area contributed by atoms with Crippen LogP contribution in [0.25, 0.3) is 0 Å². The van der Waals surface area contributed by atoms with E-state index in [9.17, 15) is 14.0 Å². The number of likely N-dealkylation sites (tertiary alicyclic amines) is 1. The first kappa shape index (κ1) is 18.5. The standard InChI is InChI=1S/C22H24FN3O2/c1-2-15-5-3-7-17(11-15)25-21(28)26-10-9-22(14-26)13-19(22)20(27)24-18-8-4-6-16(23)12-18/h3-8,11-12,19H,2,9-10,13-14H2,1H3,(H,24,27)(H,25,28)/t19-,22+/m0/s1. The minimum absolute atomic E-state index is 0.0940. The third-order valence-electron chi connectivity index (χ3n) is 5.86. The largest absolute Gasteiger partial charge is 0.326 e. The SMILES string of the molecule is CCc1cccc(NC(=O)N2CC[C@@]3(C[C@H]3C(=O)Nc3cccc(F)c3)C2)c1. The molecule has 0 unspecified atom stereocenters. The molecule has 1 aliphatic heterocycles. The van der Waals surface area contributed by atoms with Gasteiger partial charge < -0.3 is 15.5 Å². The van der Waals surface area contributed by atoms with Crippen LogP contribution < -0.4 is 10.6 Å². The molecule has 5 nitrogen and oxygen atoms in total. The molecule has 2 aliphatic rings. The maximum atomic E-state index is 13.3. The fraction of sp³-hybridized carbons (Fsp3) is 0.364. The lowest BCUT2D eigenvalue weighted by Gasteiger charge is -2.18. The van der Waals surface area contributed by atoms with Gasteiger partial charge in [-0.25, -0.2) is 9.18 Å². The van der Waals surface area contributed by atoms with Crippen molar-refractivity contribution in [3.63, 3.8) is 0 Å². The Kier molecular flexibility index (Phi) is 4.79. The minimum Gasteiger partial charge on any atom is -0.326 e. The number of nitrogens with one attached hydrogen (secondary N) is 2. The zero-order valence-corrected chi connectivity index (χ0v) is 15.9. The summed E-state index contributed by atoms with van der Waals surface area (Å²) < 4.78 is 13.3. The van der Waals surface area contributed by atoms with Crippen LogP contribution in [0, 0.1) is 17.2 Å². The zero-order valence-electron chi connectivity index (χ0n) is 15.9. The Morgan fingerprint density at radius 2 is 1.89 bits per heavy atom. The molecule has 4 rings (SSSR count). The average Bonchev–Trinajstić information content (AvgIpc) is 3.21. The average molecular weight is 381 g/mol. The van der Waals surface area contributed by atoms with Gasteiger partial charge in [-0.05, 0) is 55.2 Å². The molecule has 2 N–H and O–H groups in total. The molecule has 1 heterocycles. The van der Waals surface area contributed by atoms with E-state index in [0.29, 0.717) is 18.8 Å². The van der Waals surface area contributed by atoms with Crippen molar-refractivity contribution in [2.45, 2.75) is 26.2 Å². The van der Waals surface area contributed by atoms with Crippen LogP contribution in [0.1, 0.15) is 25.3 Å². The third-order valence-corrected chi connectivity index (χ3v) is 5.86. The van der Waals surface area contributed by atoms with Crippen molar-refractivity contribution in [3.8, 4) is 0 Å². The lowest BCUT2D eigenvalue weighted by atomic mass is 10.0. The maximum absolute atomic E-state index is 13.3. The number of hydrogen-bond donors (Lipinski definition) is 2. The van der Waals surface area contributed by atoms with Crippen LogP contribution in [0.2, 0.25) is 0 Å². The van der Waals surface area contributed by atoms with E-state index in [1.165, 1.54) is 17.7 Å². The number of anilines is 2. The van der Waals surface area contributed by atoms with Crippen molar-refractivity contribution >= 4 is 23.3 Å². The van der Waals surface area contributed by atoms with Crippen LogP contribution in [-0.4, -0.2) is 29.9 Å². The van der Waals surface area contributed by atoms with Crippen LogP contribution in [0.5, 0.6) is 0 Å². The summed E-state index contributed by atoms with van der Waals surface area (Å²) in [6.45, 7) is 3.30. The minimum atomic E-state index is -0.376. The molecule has 6 heteroatoms. The van der Waals surface area contributed by atoms with Gasteiger partial charge in [-0.2, -0.15) is 0 Å². The van der Waals surface area contributed by atoms with Crippen molar-refractivity contribution < 1.29 is 14.0 Å². The molecule has 1 saturated heterocycles. The Morgan fingerprint density at radius 3 is 2.64 bits per heavy atom. The molecule has 28 heavy (non-hydrogen) atoms. The molecule has 3 amide bonds. The molecule has 0 bridgehead atoms. The van der Waals surface area contributed by atoms with E-state index >= 15 is 0 Å². The highest BCUT2D eigenvalue weighted by molar-refractivity contribution is 5.95. The van der Waals surface area contributed by atoms with Crippen LogP contribution >= 0.6 is 0 Å². The van der Waals surface area contributed by atoms with Crippen LogP contribution in [-0.2, 0) is 11.2 Å². The summed E-state index contributed by atoms with van der Waals surface area (Å²) in [7, 11) is 0. The van der Waals surface area contributed by atoms with E-state index in [2.05, 4.69) is 17.6 Å². The first-order chi connectivity index (χ1) is 13.5. The van der Waals surface area contributed by atoms with Crippen LogP contribution in [0.3, 0.4) is 0 Å². The van der Waals surface area contributed by atoms with Crippen molar-refractivity contribution in [1.82, 2.24) is 4.90 Å². The van der Waals surface area contributed by atoms with Crippen LogP contribution in [0.4, 0.5) is 20.6 Å². The van der Waals surface area contributed by atoms with Crippen molar-refractivity contribution in [2.24, 2.45) is 11.3 Å². The second kappa shape index (κ2) is 7.26. The fourth-order valence-electron chi connectivity index (χ4n) is 4.11. The van der Waals surface area contributed by atoms with Gasteiger partial charge in [0.2, 0.25) is 5.91 Å². The first-order valence-electron chi connectivity index (χ1n) is 9.70. The van der Waals surface area contributed by atoms with Gasteiger partial charge in [0.15, 0.2) is 0 Å². The number of hydrogen-bond acceptors (Lipinski definition) is 2. The monoisotopic (exact) mass is 381 g/mol. The molecule has 1 saturated carbocycles. The normalized spacial score (nSPS) is 22.9. The van der Waals surface area contributed by atoms with Gasteiger partial charge in [-0.1, -0.05) is 25.1 Å². The lowest BCUT2D eigenvalue weighted by molar-refractivity contribution is -0.118. The van der Waals surface area contributed by atoms with Gasteiger partial charge in [0.05, 0.1) is 0 Å². The Morgan fingerprint density at radius 1 is 1.14 bits per heavy atom. The highest BCUT2D eigenvalue weighted by Crippen LogP contribution is 2.58. The predicted molar refractivity (Wildman–Crippen MR) is 107 cm³/mol. The Hall–Kier alpha value is -2.89. The van der Waals surface area contributed by atoms with E-state index in [0.717, 1.165) is 24.9 Å². The fourth-order valence-corrected chi connectivity index (χ4v) is 4.11.